The Balaban J connectivity index is 1.71. The Kier molecular flexibility index (Phi) is 6.90. The molecule has 33 heavy (non-hydrogen) atoms. The summed E-state index contributed by atoms with van der Waals surface area (Å²) in [4.78, 5) is 46.3. The molecular formula is C19H20N4O9S. The lowest BCUT2D eigenvalue weighted by atomic mass is 10.2. The van der Waals surface area contributed by atoms with Crippen LogP contribution in [0.1, 0.15) is 16.9 Å². The number of amides is 2. The summed E-state index contributed by atoms with van der Waals surface area (Å²) < 4.78 is 33.0. The average molecular weight is 480 g/mol. The summed E-state index contributed by atoms with van der Waals surface area (Å²) in [5.41, 5.74) is -0.500. The fourth-order valence-corrected chi connectivity index (χ4v) is 5.16. The lowest BCUT2D eigenvalue weighted by molar-refractivity contribution is -0.387. The fraction of sp³-hybridized carbons (Fsp3) is 0.316. The van der Waals surface area contributed by atoms with Crippen LogP contribution in [0.5, 0.6) is 0 Å². The molecule has 1 saturated heterocycles. The first-order valence-corrected chi connectivity index (χ1v) is 11.0. The molecule has 2 aromatic rings. The van der Waals surface area contributed by atoms with E-state index < -0.39 is 68.6 Å². The second-order valence-electron chi connectivity index (χ2n) is 7.19. The van der Waals surface area contributed by atoms with E-state index in [2.05, 4.69) is 0 Å². The molecule has 176 valence electrons. The molecule has 0 aliphatic carbocycles. The van der Waals surface area contributed by atoms with Crippen molar-refractivity contribution in [2.45, 2.75) is 23.5 Å². The first kappa shape index (κ1) is 24.0. The predicted octanol–water partition coefficient (Wildman–Crippen LogP) is -0.443. The maximum absolute atomic E-state index is 13.0. The zero-order chi connectivity index (χ0) is 24.3. The molecule has 0 saturated carbocycles. The Morgan fingerprint density at radius 2 is 1.94 bits per heavy atom. The third-order valence-corrected chi connectivity index (χ3v) is 6.85. The zero-order valence-electron chi connectivity index (χ0n) is 17.3. The van der Waals surface area contributed by atoms with Crippen LogP contribution >= 0.6 is 0 Å². The smallest absolute Gasteiger partial charge is 0.325 e. The molecule has 13 nitrogen and oxygen atoms in total. The average Bonchev–Trinajstić information content (AvgIpc) is 3.37. The molecule has 0 bridgehead atoms. The van der Waals surface area contributed by atoms with Gasteiger partial charge in [0.25, 0.3) is 27.5 Å². The summed E-state index contributed by atoms with van der Waals surface area (Å²) in [5, 5.41) is 23.2. The minimum absolute atomic E-state index is 0.190. The Hall–Kier alpha value is -3.62. The molecule has 1 fully saturated rings. The van der Waals surface area contributed by atoms with Crippen LogP contribution in [0.4, 0.5) is 5.69 Å². The fourth-order valence-electron chi connectivity index (χ4n) is 3.37. The number of nitro benzene ring substituents is 1. The number of rotatable bonds is 7. The molecule has 2 atom stereocenters. The van der Waals surface area contributed by atoms with E-state index in [1.54, 1.807) is 19.3 Å². The first-order valence-electron chi connectivity index (χ1n) is 9.58. The number of imide groups is 1. The predicted molar refractivity (Wildman–Crippen MR) is 110 cm³/mol. The molecule has 2 unspecified atom stereocenters. The Morgan fingerprint density at radius 3 is 2.58 bits per heavy atom. The van der Waals surface area contributed by atoms with Gasteiger partial charge < -0.3 is 14.4 Å². The quantitative estimate of drug-likeness (QED) is 0.302. The van der Waals surface area contributed by atoms with Gasteiger partial charge in [-0.25, -0.2) is 8.42 Å². The third-order valence-electron chi connectivity index (χ3n) is 4.93. The number of nitrogens with zero attached hydrogens (tertiary/aromatic N) is 3. The molecule has 1 aliphatic rings. The van der Waals surface area contributed by atoms with Gasteiger partial charge in [0.05, 0.1) is 11.0 Å². The van der Waals surface area contributed by atoms with E-state index in [-0.39, 0.29) is 12.1 Å². The highest BCUT2D eigenvalue weighted by Gasteiger charge is 2.46. The number of para-hydroxylation sites is 1. The van der Waals surface area contributed by atoms with Crippen LogP contribution in [0.3, 0.4) is 0 Å². The van der Waals surface area contributed by atoms with Crippen molar-refractivity contribution in [2.24, 2.45) is 7.05 Å². The molecule has 0 spiro atoms. The number of carbonyl (C=O) groups excluding carboxylic acids is 3. The second-order valence-corrected chi connectivity index (χ2v) is 9.05. The Labute approximate surface area is 187 Å². The van der Waals surface area contributed by atoms with Crippen LogP contribution in [-0.2, 0) is 31.4 Å². The minimum atomic E-state index is -4.56. The summed E-state index contributed by atoms with van der Waals surface area (Å²) >= 11 is 0. The summed E-state index contributed by atoms with van der Waals surface area (Å²) in [6.07, 6.45) is 0.0346. The SMILES string of the molecule is Cn1cccc1C(=O)NC(=O)COC(=O)C1CC(O)CN1S(=O)(=O)c1ccccc1[N+](=O)[O-]. The zero-order valence-corrected chi connectivity index (χ0v) is 18.1. The second kappa shape index (κ2) is 9.48. The normalized spacial score (nSPS) is 18.6. The summed E-state index contributed by atoms with van der Waals surface area (Å²) in [6, 6.07) is 6.15. The van der Waals surface area contributed by atoms with E-state index in [1.165, 1.54) is 22.8 Å². The number of β-amino-alcohol motifs (C(OH)–C–C–N with tert-alkyl or cyclic N) is 1. The van der Waals surface area contributed by atoms with E-state index in [0.29, 0.717) is 4.31 Å². The highest BCUT2D eigenvalue weighted by atomic mass is 32.2. The van der Waals surface area contributed by atoms with Crippen LogP contribution in [-0.4, -0.2) is 70.4 Å². The molecule has 1 aromatic heterocycles. The van der Waals surface area contributed by atoms with Gasteiger partial charge >= 0.3 is 5.97 Å². The maximum atomic E-state index is 13.0. The lowest BCUT2D eigenvalue weighted by Crippen LogP contribution is -2.43. The number of nitrogens with one attached hydrogen (secondary N) is 1. The molecular weight excluding hydrogens is 460 g/mol. The van der Waals surface area contributed by atoms with E-state index in [0.717, 1.165) is 12.1 Å². The van der Waals surface area contributed by atoms with E-state index in [1.807, 2.05) is 5.32 Å². The van der Waals surface area contributed by atoms with Gasteiger partial charge in [0.15, 0.2) is 11.5 Å². The Bertz CT molecular complexity index is 1210. The summed E-state index contributed by atoms with van der Waals surface area (Å²) in [7, 11) is -2.97. The van der Waals surface area contributed by atoms with Gasteiger partial charge in [0.2, 0.25) is 0 Å². The van der Waals surface area contributed by atoms with Gasteiger partial charge in [-0.15, -0.1) is 0 Å². The number of benzene rings is 1. The number of nitro groups is 1. The lowest BCUT2D eigenvalue weighted by Gasteiger charge is -2.22. The topological polar surface area (TPSA) is 178 Å². The standard InChI is InChI=1S/C19H20N4O9S/c1-21-8-4-6-14(21)18(26)20-17(25)11-32-19(27)15-9-12(24)10-22(15)33(30,31)16-7-3-2-5-13(16)23(28)29/h2-8,12,15,24H,9-11H2,1H3,(H,20,25,26). The monoisotopic (exact) mass is 480 g/mol. The minimum Gasteiger partial charge on any atom is -0.454 e. The number of aliphatic hydroxyl groups is 1. The number of hydrogen-bond donors (Lipinski definition) is 2. The molecule has 2 heterocycles. The van der Waals surface area contributed by atoms with E-state index in [9.17, 15) is 38.0 Å². The van der Waals surface area contributed by atoms with Crippen molar-refractivity contribution < 1.29 is 37.6 Å². The molecule has 1 aromatic carbocycles. The van der Waals surface area contributed by atoms with E-state index >= 15 is 0 Å². The van der Waals surface area contributed by atoms with Gasteiger partial charge in [-0.3, -0.25) is 29.8 Å². The number of ether oxygens (including phenoxy) is 1. The number of aliphatic hydroxyl groups excluding tert-OH is 1. The van der Waals surface area contributed by atoms with Crippen molar-refractivity contribution in [3.05, 3.63) is 58.4 Å². The number of aryl methyl sites for hydroxylation is 1. The third kappa shape index (κ3) is 5.08. The number of carbonyl (C=O) groups is 3. The molecule has 2 amide bonds. The number of aromatic nitrogens is 1. The van der Waals surface area contributed by atoms with Gasteiger partial charge in [-0.2, -0.15) is 4.31 Å². The van der Waals surface area contributed by atoms with Crippen molar-refractivity contribution in [3.63, 3.8) is 0 Å². The van der Waals surface area contributed by atoms with Crippen LogP contribution in [0.2, 0.25) is 0 Å². The maximum Gasteiger partial charge on any atom is 0.325 e. The van der Waals surface area contributed by atoms with Crippen LogP contribution in [0.25, 0.3) is 0 Å². The first-order chi connectivity index (χ1) is 15.5. The highest BCUT2D eigenvalue weighted by molar-refractivity contribution is 7.89. The van der Waals surface area contributed by atoms with Crippen LogP contribution in [0.15, 0.2) is 47.5 Å². The molecule has 14 heteroatoms. The molecule has 3 rings (SSSR count). The van der Waals surface area contributed by atoms with E-state index in [4.69, 9.17) is 4.74 Å². The van der Waals surface area contributed by atoms with Crippen molar-refractivity contribution in [3.8, 4) is 0 Å². The molecule has 1 aliphatic heterocycles. The van der Waals surface area contributed by atoms with Crippen LogP contribution in [0, 0.1) is 10.1 Å². The summed E-state index contributed by atoms with van der Waals surface area (Å²) in [5.74, 6) is -2.81. The Morgan fingerprint density at radius 1 is 1.24 bits per heavy atom. The highest BCUT2D eigenvalue weighted by Crippen LogP contribution is 2.31. The molecule has 0 radical (unpaired) electrons. The van der Waals surface area contributed by atoms with Crippen molar-refractivity contribution >= 4 is 33.5 Å². The summed E-state index contributed by atoms with van der Waals surface area (Å²) in [6.45, 7) is -1.37. The van der Waals surface area contributed by atoms with Crippen molar-refractivity contribution in [1.29, 1.82) is 0 Å². The van der Waals surface area contributed by atoms with Crippen molar-refractivity contribution in [1.82, 2.24) is 14.2 Å². The number of hydrogen-bond acceptors (Lipinski definition) is 9. The van der Waals surface area contributed by atoms with Gasteiger partial charge in [0.1, 0.15) is 11.7 Å². The van der Waals surface area contributed by atoms with Gasteiger partial charge in [-0.05, 0) is 18.2 Å². The number of esters is 1. The number of sulfonamides is 1. The van der Waals surface area contributed by atoms with Crippen molar-refractivity contribution in [2.75, 3.05) is 13.2 Å². The largest absolute Gasteiger partial charge is 0.454 e. The van der Waals surface area contributed by atoms with Gasteiger partial charge in [0, 0.05) is 32.3 Å². The molecule has 2 N–H and O–H groups in total. The van der Waals surface area contributed by atoms with Gasteiger partial charge in [-0.1, -0.05) is 12.1 Å². The van der Waals surface area contributed by atoms with Crippen LogP contribution < -0.4 is 5.32 Å².